The van der Waals surface area contributed by atoms with Gasteiger partial charge >= 0.3 is 6.03 Å². The molecule has 1 saturated carbocycles. The molecule has 1 aromatic rings. The fourth-order valence-electron chi connectivity index (χ4n) is 2.51. The van der Waals surface area contributed by atoms with Gasteiger partial charge in [0.15, 0.2) is 0 Å². The molecular weight excluding hydrogens is 264 g/mol. The van der Waals surface area contributed by atoms with Crippen molar-refractivity contribution in [1.29, 1.82) is 0 Å². The molecule has 104 valence electrons. The summed E-state index contributed by atoms with van der Waals surface area (Å²) in [5.41, 5.74) is 0.448. The molecule has 0 heterocycles. The van der Waals surface area contributed by atoms with Crippen molar-refractivity contribution >= 4 is 23.3 Å². The topological polar surface area (TPSA) is 61.4 Å². The van der Waals surface area contributed by atoms with Crippen LogP contribution in [0.3, 0.4) is 0 Å². The molecule has 3 N–H and O–H groups in total. The molecule has 0 aliphatic heterocycles. The predicted octanol–water partition coefficient (Wildman–Crippen LogP) is 3.01. The number of aliphatic hydroxyl groups is 1. The molecule has 19 heavy (non-hydrogen) atoms. The molecule has 1 aliphatic carbocycles. The minimum atomic E-state index is -0.284. The van der Waals surface area contributed by atoms with Gasteiger partial charge in [-0.15, -0.1) is 0 Å². The first kappa shape index (κ1) is 14.2. The zero-order valence-corrected chi connectivity index (χ0v) is 11.5. The highest BCUT2D eigenvalue weighted by molar-refractivity contribution is 6.33. The molecule has 4 nitrogen and oxygen atoms in total. The largest absolute Gasteiger partial charge is 0.396 e. The van der Waals surface area contributed by atoms with Crippen LogP contribution < -0.4 is 10.6 Å². The van der Waals surface area contributed by atoms with Crippen LogP contribution in [-0.4, -0.2) is 24.3 Å². The summed E-state index contributed by atoms with van der Waals surface area (Å²) in [6, 6.07) is 6.81. The summed E-state index contributed by atoms with van der Waals surface area (Å²) in [5.74, 6) is 0. The first-order valence-corrected chi connectivity index (χ1v) is 6.93. The minimum Gasteiger partial charge on any atom is -0.396 e. The third-order valence-corrected chi connectivity index (χ3v) is 4.08. The summed E-state index contributed by atoms with van der Waals surface area (Å²) in [4.78, 5) is 11.8. The molecule has 0 radical (unpaired) electrons. The Morgan fingerprint density at radius 2 is 2.00 bits per heavy atom. The summed E-state index contributed by atoms with van der Waals surface area (Å²) in [6.45, 7) is 0.624. The Morgan fingerprint density at radius 3 is 2.63 bits per heavy atom. The number of amides is 2. The van der Waals surface area contributed by atoms with Gasteiger partial charge in [-0.1, -0.05) is 36.6 Å². The lowest BCUT2D eigenvalue weighted by Crippen LogP contribution is -2.40. The Labute approximate surface area is 118 Å². The van der Waals surface area contributed by atoms with Crippen LogP contribution in [0.2, 0.25) is 5.02 Å². The number of para-hydroxylation sites is 1. The molecule has 2 rings (SSSR count). The van der Waals surface area contributed by atoms with Crippen LogP contribution in [0.5, 0.6) is 0 Å². The van der Waals surface area contributed by atoms with E-state index in [1.165, 1.54) is 0 Å². The van der Waals surface area contributed by atoms with Crippen molar-refractivity contribution in [2.45, 2.75) is 25.7 Å². The smallest absolute Gasteiger partial charge is 0.319 e. The van der Waals surface area contributed by atoms with Crippen molar-refractivity contribution in [3.8, 4) is 0 Å². The van der Waals surface area contributed by atoms with Crippen LogP contribution in [0.25, 0.3) is 0 Å². The van der Waals surface area contributed by atoms with E-state index in [1.54, 1.807) is 12.1 Å². The first-order valence-electron chi connectivity index (χ1n) is 6.55. The maximum absolute atomic E-state index is 11.8. The molecule has 0 spiro atoms. The summed E-state index contributed by atoms with van der Waals surface area (Å²) < 4.78 is 0. The number of benzene rings is 1. The van der Waals surface area contributed by atoms with Crippen molar-refractivity contribution in [2.75, 3.05) is 18.5 Å². The molecule has 1 aromatic carbocycles. The van der Waals surface area contributed by atoms with E-state index in [2.05, 4.69) is 10.6 Å². The van der Waals surface area contributed by atoms with E-state index in [1.807, 2.05) is 12.1 Å². The summed E-state index contributed by atoms with van der Waals surface area (Å²) in [6.07, 6.45) is 4.18. The van der Waals surface area contributed by atoms with Gasteiger partial charge in [-0.25, -0.2) is 4.79 Å². The summed E-state index contributed by atoms with van der Waals surface area (Å²) in [5, 5.41) is 15.5. The number of rotatable bonds is 4. The lowest BCUT2D eigenvalue weighted by molar-refractivity contribution is 0.130. The van der Waals surface area contributed by atoms with Gasteiger partial charge in [0.1, 0.15) is 0 Å². The number of anilines is 1. The zero-order valence-electron chi connectivity index (χ0n) is 10.8. The molecule has 0 bridgehead atoms. The Bertz CT molecular complexity index is 445. The van der Waals surface area contributed by atoms with Crippen molar-refractivity contribution in [2.24, 2.45) is 5.41 Å². The van der Waals surface area contributed by atoms with Crippen LogP contribution in [-0.2, 0) is 0 Å². The third kappa shape index (κ3) is 3.61. The second-order valence-corrected chi connectivity index (χ2v) is 5.56. The molecule has 0 atom stereocenters. The molecule has 0 unspecified atom stereocenters. The standard InChI is InChI=1S/C14H19ClN2O2/c15-11-5-1-2-6-12(11)17-13(19)16-9-14(10-18)7-3-4-8-14/h1-2,5-6,18H,3-4,7-10H2,(H2,16,17,19). The van der Waals surface area contributed by atoms with Gasteiger partial charge in [0.2, 0.25) is 0 Å². The van der Waals surface area contributed by atoms with E-state index >= 15 is 0 Å². The zero-order chi connectivity index (χ0) is 13.7. The Morgan fingerprint density at radius 1 is 1.32 bits per heavy atom. The molecule has 0 aromatic heterocycles. The van der Waals surface area contributed by atoms with Crippen molar-refractivity contribution < 1.29 is 9.90 Å². The molecule has 1 aliphatic rings. The predicted molar refractivity (Wildman–Crippen MR) is 76.5 cm³/mol. The lowest BCUT2D eigenvalue weighted by atomic mass is 9.87. The average molecular weight is 283 g/mol. The van der Waals surface area contributed by atoms with Gasteiger partial charge in [-0.05, 0) is 25.0 Å². The quantitative estimate of drug-likeness (QED) is 0.795. The van der Waals surface area contributed by atoms with Crippen LogP contribution >= 0.6 is 11.6 Å². The lowest BCUT2D eigenvalue weighted by Gasteiger charge is -2.26. The molecule has 0 saturated heterocycles. The van der Waals surface area contributed by atoms with Crippen molar-refractivity contribution in [3.05, 3.63) is 29.3 Å². The second kappa shape index (κ2) is 6.26. The average Bonchev–Trinajstić information content (AvgIpc) is 2.89. The Kier molecular flexibility index (Phi) is 4.66. The SMILES string of the molecule is O=C(NCC1(CO)CCCC1)Nc1ccccc1Cl. The molecule has 1 fully saturated rings. The van der Waals surface area contributed by atoms with E-state index in [0.717, 1.165) is 25.7 Å². The Hall–Kier alpha value is -1.26. The van der Waals surface area contributed by atoms with Crippen LogP contribution in [0, 0.1) is 5.41 Å². The fourth-order valence-corrected chi connectivity index (χ4v) is 2.70. The molecule has 5 heteroatoms. The highest BCUT2D eigenvalue weighted by atomic mass is 35.5. The maximum Gasteiger partial charge on any atom is 0.319 e. The fraction of sp³-hybridized carbons (Fsp3) is 0.500. The van der Waals surface area contributed by atoms with Crippen LogP contribution in [0.1, 0.15) is 25.7 Å². The van der Waals surface area contributed by atoms with E-state index in [4.69, 9.17) is 11.6 Å². The number of hydrogen-bond donors (Lipinski definition) is 3. The number of aliphatic hydroxyl groups excluding tert-OH is 1. The second-order valence-electron chi connectivity index (χ2n) is 5.15. The van der Waals surface area contributed by atoms with Gasteiger partial charge < -0.3 is 15.7 Å². The maximum atomic E-state index is 11.8. The van der Waals surface area contributed by atoms with Crippen LogP contribution in [0.15, 0.2) is 24.3 Å². The number of urea groups is 1. The highest BCUT2D eigenvalue weighted by Gasteiger charge is 2.33. The van der Waals surface area contributed by atoms with Gasteiger partial charge in [0.25, 0.3) is 0 Å². The number of hydrogen-bond acceptors (Lipinski definition) is 2. The number of carbonyl (C=O) groups is 1. The van der Waals surface area contributed by atoms with Gasteiger partial charge in [-0.2, -0.15) is 0 Å². The highest BCUT2D eigenvalue weighted by Crippen LogP contribution is 2.36. The first-order chi connectivity index (χ1) is 9.15. The van der Waals surface area contributed by atoms with E-state index in [-0.39, 0.29) is 18.1 Å². The number of carbonyl (C=O) groups excluding carboxylic acids is 1. The molecule has 2 amide bonds. The van der Waals surface area contributed by atoms with Gasteiger partial charge in [0.05, 0.1) is 17.3 Å². The molecular formula is C14H19ClN2O2. The normalized spacial score (nSPS) is 17.2. The van der Waals surface area contributed by atoms with Gasteiger partial charge in [-0.3, -0.25) is 0 Å². The van der Waals surface area contributed by atoms with Gasteiger partial charge in [0, 0.05) is 12.0 Å². The monoisotopic (exact) mass is 282 g/mol. The third-order valence-electron chi connectivity index (χ3n) is 3.75. The number of nitrogens with one attached hydrogen (secondary N) is 2. The summed E-state index contributed by atoms with van der Waals surface area (Å²) in [7, 11) is 0. The van der Waals surface area contributed by atoms with E-state index < -0.39 is 0 Å². The van der Waals surface area contributed by atoms with Crippen molar-refractivity contribution in [1.82, 2.24) is 5.32 Å². The minimum absolute atomic E-state index is 0.124. The van der Waals surface area contributed by atoms with Crippen molar-refractivity contribution in [3.63, 3.8) is 0 Å². The van der Waals surface area contributed by atoms with E-state index in [9.17, 15) is 9.90 Å². The number of halogens is 1. The van der Waals surface area contributed by atoms with E-state index in [0.29, 0.717) is 17.3 Å². The summed E-state index contributed by atoms with van der Waals surface area (Å²) >= 11 is 5.97. The Balaban J connectivity index is 1.86. The van der Waals surface area contributed by atoms with Crippen LogP contribution in [0.4, 0.5) is 10.5 Å².